The first-order chi connectivity index (χ1) is 15.5. The van der Waals surface area contributed by atoms with E-state index >= 15 is 0 Å². The number of thioether (sulfide) groups is 1. The standard InChI is InChI=1S/C23H46N3O5PS/c1-9-10-19-20(15-21(30-19)25-16-24)31-32(26(17(2)3)18(4)5)29-12-11-28-13-14-33-22(27)23(6,7)8/h16-21H,9-15H2,1-8H3,(H2,24,25). The zero-order chi connectivity index (χ0) is 25.0. The molecule has 4 atom stereocenters. The summed E-state index contributed by atoms with van der Waals surface area (Å²) in [7, 11) is -1.30. The molecule has 0 aromatic carbocycles. The van der Waals surface area contributed by atoms with Crippen molar-refractivity contribution in [2.45, 2.75) is 105 Å². The molecular weight excluding hydrogens is 461 g/mol. The molecule has 194 valence electrons. The van der Waals surface area contributed by atoms with Gasteiger partial charge in [0.25, 0.3) is 8.53 Å². The van der Waals surface area contributed by atoms with Crippen LogP contribution in [0.2, 0.25) is 0 Å². The van der Waals surface area contributed by atoms with Gasteiger partial charge in [-0.2, -0.15) is 0 Å². The van der Waals surface area contributed by atoms with Gasteiger partial charge in [-0.3, -0.25) is 4.79 Å². The van der Waals surface area contributed by atoms with E-state index < -0.39 is 8.53 Å². The zero-order valence-electron chi connectivity index (χ0n) is 21.8. The van der Waals surface area contributed by atoms with E-state index in [2.05, 4.69) is 44.3 Å². The molecule has 1 saturated heterocycles. The van der Waals surface area contributed by atoms with Crippen LogP contribution < -0.4 is 5.73 Å². The monoisotopic (exact) mass is 507 g/mol. The van der Waals surface area contributed by atoms with Gasteiger partial charge in [0, 0.05) is 29.7 Å². The van der Waals surface area contributed by atoms with Gasteiger partial charge in [0.05, 0.1) is 38.4 Å². The van der Waals surface area contributed by atoms with Gasteiger partial charge < -0.3 is 24.3 Å². The Morgan fingerprint density at radius 3 is 2.45 bits per heavy atom. The number of carbonyl (C=O) groups excluding carboxylic acids is 1. The largest absolute Gasteiger partial charge is 0.390 e. The molecule has 4 unspecified atom stereocenters. The molecule has 0 radical (unpaired) electrons. The molecule has 1 heterocycles. The predicted octanol–water partition coefficient (Wildman–Crippen LogP) is 4.96. The molecule has 0 aromatic rings. The molecule has 10 heteroatoms. The van der Waals surface area contributed by atoms with Crippen LogP contribution in [0.1, 0.15) is 74.7 Å². The molecule has 1 fully saturated rings. The maximum absolute atomic E-state index is 12.0. The van der Waals surface area contributed by atoms with E-state index in [9.17, 15) is 4.79 Å². The molecule has 0 amide bonds. The minimum Gasteiger partial charge on any atom is -0.390 e. The fourth-order valence-electron chi connectivity index (χ4n) is 3.46. The van der Waals surface area contributed by atoms with Crippen molar-refractivity contribution < 1.29 is 23.3 Å². The molecule has 0 saturated carbocycles. The van der Waals surface area contributed by atoms with E-state index in [1.54, 1.807) is 0 Å². The molecule has 0 bridgehead atoms. The molecule has 0 aliphatic carbocycles. The Morgan fingerprint density at radius 1 is 1.24 bits per heavy atom. The lowest BCUT2D eigenvalue weighted by Crippen LogP contribution is -2.36. The third-order valence-electron chi connectivity index (χ3n) is 4.98. The van der Waals surface area contributed by atoms with Gasteiger partial charge in [-0.1, -0.05) is 45.9 Å². The average Bonchev–Trinajstić information content (AvgIpc) is 3.07. The second kappa shape index (κ2) is 15.7. The van der Waals surface area contributed by atoms with Crippen molar-refractivity contribution in [3.05, 3.63) is 0 Å². The molecule has 1 aliphatic heterocycles. The molecular formula is C23H46N3O5PS. The van der Waals surface area contributed by atoms with Crippen LogP contribution in [0.3, 0.4) is 0 Å². The Bertz CT molecular complexity index is 581. The molecule has 8 nitrogen and oxygen atoms in total. The summed E-state index contributed by atoms with van der Waals surface area (Å²) < 4.78 is 26.8. The van der Waals surface area contributed by atoms with E-state index in [0.29, 0.717) is 32.0 Å². The van der Waals surface area contributed by atoms with Crippen molar-refractivity contribution in [1.82, 2.24) is 4.67 Å². The van der Waals surface area contributed by atoms with Crippen LogP contribution in [0.25, 0.3) is 0 Å². The van der Waals surface area contributed by atoms with Gasteiger partial charge in [-0.25, -0.2) is 9.66 Å². The summed E-state index contributed by atoms with van der Waals surface area (Å²) in [6, 6.07) is 0.531. The fraction of sp³-hybridized carbons (Fsp3) is 0.913. The van der Waals surface area contributed by atoms with Crippen LogP contribution in [0.15, 0.2) is 4.99 Å². The summed E-state index contributed by atoms with van der Waals surface area (Å²) in [5.41, 5.74) is 5.15. The Hall–Kier alpha value is -0.280. The van der Waals surface area contributed by atoms with Crippen LogP contribution in [0.4, 0.5) is 0 Å². The summed E-state index contributed by atoms with van der Waals surface area (Å²) >= 11 is 1.32. The van der Waals surface area contributed by atoms with Crippen molar-refractivity contribution in [1.29, 1.82) is 0 Å². The normalized spacial score (nSPS) is 22.8. The van der Waals surface area contributed by atoms with Crippen LogP contribution in [-0.2, 0) is 23.3 Å². The molecule has 0 spiro atoms. The molecule has 1 aliphatic rings. The second-order valence-electron chi connectivity index (χ2n) is 9.73. The SMILES string of the molecule is CCCC1OC(N=CN)CC1OP(OCCOCCSC(=O)C(C)(C)C)N(C(C)C)C(C)C. The molecule has 33 heavy (non-hydrogen) atoms. The Balaban J connectivity index is 2.64. The lowest BCUT2D eigenvalue weighted by atomic mass is 10.00. The van der Waals surface area contributed by atoms with E-state index in [4.69, 9.17) is 24.3 Å². The number of carbonyl (C=O) groups is 1. The van der Waals surface area contributed by atoms with Crippen LogP contribution in [0, 0.1) is 5.41 Å². The summed E-state index contributed by atoms with van der Waals surface area (Å²) in [5, 5.41) is 0.182. The van der Waals surface area contributed by atoms with Crippen LogP contribution in [0.5, 0.6) is 0 Å². The van der Waals surface area contributed by atoms with E-state index in [0.717, 1.165) is 12.8 Å². The first-order valence-electron chi connectivity index (χ1n) is 12.0. The minimum atomic E-state index is -1.30. The van der Waals surface area contributed by atoms with Gasteiger partial charge in [-0.05, 0) is 34.1 Å². The van der Waals surface area contributed by atoms with Crippen molar-refractivity contribution in [3.8, 4) is 0 Å². The van der Waals surface area contributed by atoms with Gasteiger partial charge in [0.1, 0.15) is 0 Å². The summed E-state index contributed by atoms with van der Waals surface area (Å²) in [4.78, 5) is 16.2. The Kier molecular flexibility index (Phi) is 14.6. The summed E-state index contributed by atoms with van der Waals surface area (Å²) in [5.74, 6) is 0.645. The maximum atomic E-state index is 12.0. The number of ether oxygens (including phenoxy) is 2. The third kappa shape index (κ3) is 11.3. The number of rotatable bonds is 15. The van der Waals surface area contributed by atoms with Gasteiger partial charge in [-0.15, -0.1) is 0 Å². The number of hydrogen-bond acceptors (Lipinski definition) is 8. The van der Waals surface area contributed by atoms with Gasteiger partial charge >= 0.3 is 0 Å². The zero-order valence-corrected chi connectivity index (χ0v) is 23.5. The second-order valence-corrected chi connectivity index (χ2v) is 12.2. The summed E-state index contributed by atoms with van der Waals surface area (Å²) in [6.07, 6.45) is 3.50. The van der Waals surface area contributed by atoms with E-state index in [1.807, 2.05) is 20.8 Å². The van der Waals surface area contributed by atoms with Crippen molar-refractivity contribution in [3.63, 3.8) is 0 Å². The van der Waals surface area contributed by atoms with Crippen molar-refractivity contribution in [2.75, 3.05) is 25.6 Å². The maximum Gasteiger partial charge on any atom is 0.259 e. The molecule has 1 rings (SSSR count). The van der Waals surface area contributed by atoms with Crippen molar-refractivity contribution in [2.24, 2.45) is 16.1 Å². The Morgan fingerprint density at radius 2 is 1.91 bits per heavy atom. The highest BCUT2D eigenvalue weighted by molar-refractivity contribution is 8.13. The molecule has 2 N–H and O–H groups in total. The average molecular weight is 508 g/mol. The minimum absolute atomic E-state index is 0.0212. The number of hydrogen-bond donors (Lipinski definition) is 1. The number of aliphatic imine (C=N–C) groups is 1. The predicted molar refractivity (Wildman–Crippen MR) is 138 cm³/mol. The fourth-order valence-corrected chi connectivity index (χ4v) is 6.02. The van der Waals surface area contributed by atoms with Crippen LogP contribution >= 0.6 is 20.3 Å². The van der Waals surface area contributed by atoms with E-state index in [-0.39, 0.29) is 41.0 Å². The quantitative estimate of drug-likeness (QED) is 0.144. The highest BCUT2D eigenvalue weighted by Crippen LogP contribution is 2.49. The van der Waals surface area contributed by atoms with Gasteiger partial charge in [0.2, 0.25) is 0 Å². The van der Waals surface area contributed by atoms with Crippen molar-refractivity contribution >= 4 is 31.7 Å². The lowest BCUT2D eigenvalue weighted by Gasteiger charge is -2.37. The van der Waals surface area contributed by atoms with E-state index in [1.165, 1.54) is 18.1 Å². The number of nitrogens with two attached hydrogens (primary N) is 1. The highest BCUT2D eigenvalue weighted by Gasteiger charge is 2.39. The first kappa shape index (κ1) is 30.8. The highest BCUT2D eigenvalue weighted by atomic mass is 32.2. The topological polar surface area (TPSA) is 95.6 Å². The molecule has 0 aromatic heterocycles. The lowest BCUT2D eigenvalue weighted by molar-refractivity contribution is -0.117. The first-order valence-corrected chi connectivity index (χ1v) is 14.1. The smallest absolute Gasteiger partial charge is 0.259 e. The number of nitrogens with zero attached hydrogens (tertiary/aromatic N) is 2. The van der Waals surface area contributed by atoms with Crippen LogP contribution in [-0.4, -0.2) is 72.2 Å². The third-order valence-corrected chi connectivity index (χ3v) is 8.38. The Labute approximate surface area is 206 Å². The van der Waals surface area contributed by atoms with Gasteiger partial charge in [0.15, 0.2) is 11.3 Å². The summed E-state index contributed by atoms with van der Waals surface area (Å²) in [6.45, 7) is 17.9.